The van der Waals surface area contributed by atoms with E-state index in [0.717, 1.165) is 0 Å². The molecule has 34 valence electrons. The Hall–Kier alpha value is 1.90. The average Bonchev–Trinajstić information content (AvgIpc) is 0.722. The second kappa shape index (κ2) is 2.27. The molecule has 0 saturated carbocycles. The van der Waals surface area contributed by atoms with E-state index in [4.69, 9.17) is 8.38 Å². The summed E-state index contributed by atoms with van der Waals surface area (Å²) in [6.45, 7) is 0. The Morgan fingerprint density at radius 1 is 1.20 bits per heavy atom. The fourth-order valence-corrected chi connectivity index (χ4v) is 0. The van der Waals surface area contributed by atoms with E-state index < -0.39 is 7.00 Å². The van der Waals surface area contributed by atoms with Gasteiger partial charge >= 0.3 is 56.1 Å². The molecule has 5 heavy (non-hydrogen) atoms. The molecular formula is H2I2O2Se. The molecule has 0 fully saturated rings. The molecule has 0 aromatic heterocycles. The van der Waals surface area contributed by atoms with Crippen LogP contribution in [0.1, 0.15) is 0 Å². The van der Waals surface area contributed by atoms with E-state index in [1.807, 2.05) is 0 Å². The zero-order chi connectivity index (χ0) is 4.50. The summed E-state index contributed by atoms with van der Waals surface area (Å²) in [6, 6.07) is 0. The molecule has 0 amide bonds. The summed E-state index contributed by atoms with van der Waals surface area (Å²) in [6.07, 6.45) is 0. The second-order valence-corrected chi connectivity index (χ2v) is 23.7. The van der Waals surface area contributed by atoms with Crippen LogP contribution in [0.2, 0.25) is 0 Å². The summed E-state index contributed by atoms with van der Waals surface area (Å²) >= 11 is 3.26. The van der Waals surface area contributed by atoms with E-state index in [-0.39, 0.29) is 0 Å². The van der Waals surface area contributed by atoms with Gasteiger partial charge in [0.05, 0.1) is 0 Å². The first-order chi connectivity index (χ1) is 2.00. The van der Waals surface area contributed by atoms with E-state index in [0.29, 0.717) is 0 Å². The van der Waals surface area contributed by atoms with Crippen LogP contribution in [-0.4, -0.2) is 15.4 Å². The number of hydrogen-bond donors (Lipinski definition) is 2. The Bertz CT molecular complexity index is 23.1. The molecule has 0 spiro atoms. The predicted molar refractivity (Wildman–Crippen MR) is 38.2 cm³/mol. The molecule has 0 rings (SSSR count). The van der Waals surface area contributed by atoms with Gasteiger partial charge in [0.2, 0.25) is 0 Å². The molecule has 0 aromatic carbocycles. The summed E-state index contributed by atoms with van der Waals surface area (Å²) in [7, 11) is -2.81. The maximum absolute atomic E-state index is 8.21. The molecule has 0 aromatic rings. The summed E-state index contributed by atoms with van der Waals surface area (Å²) in [5.41, 5.74) is 0. The van der Waals surface area contributed by atoms with E-state index in [2.05, 4.69) is 0 Å². The first-order valence-electron chi connectivity index (χ1n) is 0.674. The molecule has 0 bridgehead atoms. The van der Waals surface area contributed by atoms with Crippen LogP contribution in [0.5, 0.6) is 0 Å². The van der Waals surface area contributed by atoms with E-state index >= 15 is 0 Å². The normalized spacial score (nSPS) is 15.2. The van der Waals surface area contributed by atoms with Gasteiger partial charge in [0.25, 0.3) is 0 Å². The van der Waals surface area contributed by atoms with Crippen molar-refractivity contribution < 1.29 is 8.38 Å². The SMILES string of the molecule is O[Se](O)(I)I. The maximum atomic E-state index is 8.21. The Morgan fingerprint density at radius 3 is 1.20 bits per heavy atom. The van der Waals surface area contributed by atoms with Gasteiger partial charge < -0.3 is 0 Å². The van der Waals surface area contributed by atoms with Crippen LogP contribution >= 0.6 is 40.7 Å². The second-order valence-electron chi connectivity index (χ2n) is 0.416. The van der Waals surface area contributed by atoms with Crippen molar-refractivity contribution in [3.63, 3.8) is 0 Å². The Labute approximate surface area is 55.3 Å². The molecule has 0 radical (unpaired) electrons. The van der Waals surface area contributed by atoms with Crippen LogP contribution in [0.3, 0.4) is 0 Å². The molecule has 2 N–H and O–H groups in total. The molecule has 0 aliphatic rings. The third-order valence-electron chi connectivity index (χ3n) is 0. The van der Waals surface area contributed by atoms with Crippen LogP contribution < -0.4 is 0 Å². The molecule has 0 aliphatic carbocycles. The molecule has 0 atom stereocenters. The van der Waals surface area contributed by atoms with E-state index in [1.54, 1.807) is 40.7 Å². The van der Waals surface area contributed by atoms with Gasteiger partial charge in [-0.2, -0.15) is 0 Å². The minimum absolute atomic E-state index is 1.63. The van der Waals surface area contributed by atoms with Crippen molar-refractivity contribution >= 4 is 47.7 Å². The number of rotatable bonds is 0. The van der Waals surface area contributed by atoms with Gasteiger partial charge in [-0.3, -0.25) is 0 Å². The molecular weight excluding hydrogens is 365 g/mol. The standard InChI is InChI=1S/H2I2O2Se/c1-5(2,3)4/h3-4H. The molecule has 2 nitrogen and oxygen atoms in total. The fourth-order valence-electron chi connectivity index (χ4n) is 0. The van der Waals surface area contributed by atoms with Crippen molar-refractivity contribution in [2.24, 2.45) is 0 Å². The van der Waals surface area contributed by atoms with Crippen LogP contribution in [0.4, 0.5) is 0 Å². The molecule has 0 unspecified atom stereocenters. The molecule has 0 saturated heterocycles. The van der Waals surface area contributed by atoms with Crippen LogP contribution in [-0.2, 0) is 0 Å². The Balaban J connectivity index is 3.02. The van der Waals surface area contributed by atoms with Gasteiger partial charge in [0.15, 0.2) is 0 Å². The quantitative estimate of drug-likeness (QED) is 0.477. The summed E-state index contributed by atoms with van der Waals surface area (Å²) in [5.74, 6) is 0. The topological polar surface area (TPSA) is 40.5 Å². The number of hydrogen-bond acceptors (Lipinski definition) is 2. The zero-order valence-corrected chi connectivity index (χ0v) is 8.09. The van der Waals surface area contributed by atoms with Crippen LogP contribution in [0, 0.1) is 0 Å². The van der Waals surface area contributed by atoms with Crippen molar-refractivity contribution in [1.82, 2.24) is 0 Å². The van der Waals surface area contributed by atoms with Gasteiger partial charge in [-0.1, -0.05) is 0 Å². The third kappa shape index (κ3) is 24.9. The predicted octanol–water partition coefficient (Wildman–Crippen LogP) is 0.277. The summed E-state index contributed by atoms with van der Waals surface area (Å²) in [5, 5.41) is 0. The van der Waals surface area contributed by atoms with Crippen molar-refractivity contribution in [3.8, 4) is 0 Å². The van der Waals surface area contributed by atoms with Crippen LogP contribution in [0.25, 0.3) is 0 Å². The zero-order valence-electron chi connectivity index (χ0n) is 2.06. The average molecular weight is 367 g/mol. The van der Waals surface area contributed by atoms with Gasteiger partial charge in [0, 0.05) is 0 Å². The van der Waals surface area contributed by atoms with Crippen molar-refractivity contribution in [1.29, 1.82) is 0 Å². The van der Waals surface area contributed by atoms with Gasteiger partial charge in [0.1, 0.15) is 0 Å². The first kappa shape index (κ1) is 6.90. The van der Waals surface area contributed by atoms with Gasteiger partial charge in [-0.25, -0.2) is 0 Å². The van der Waals surface area contributed by atoms with E-state index in [9.17, 15) is 0 Å². The third-order valence-corrected chi connectivity index (χ3v) is 0. The van der Waals surface area contributed by atoms with Crippen molar-refractivity contribution in [3.05, 3.63) is 0 Å². The van der Waals surface area contributed by atoms with E-state index in [1.165, 1.54) is 0 Å². The summed E-state index contributed by atoms with van der Waals surface area (Å²) in [4.78, 5) is 0. The Morgan fingerprint density at radius 2 is 1.20 bits per heavy atom. The summed E-state index contributed by atoms with van der Waals surface area (Å²) < 4.78 is 16.4. The molecule has 0 heterocycles. The monoisotopic (exact) mass is 368 g/mol. The van der Waals surface area contributed by atoms with Crippen LogP contribution in [0.15, 0.2) is 0 Å². The van der Waals surface area contributed by atoms with Crippen molar-refractivity contribution in [2.45, 2.75) is 0 Å². The fraction of sp³-hybridized carbons (Fsp3) is 0. The molecule has 5 heteroatoms. The molecule has 0 aliphatic heterocycles. The Kier molecular flexibility index (Phi) is 3.13. The van der Waals surface area contributed by atoms with Crippen molar-refractivity contribution in [2.75, 3.05) is 0 Å². The minimum atomic E-state index is -2.81. The van der Waals surface area contributed by atoms with Gasteiger partial charge in [-0.05, 0) is 0 Å². The van der Waals surface area contributed by atoms with Gasteiger partial charge in [-0.15, -0.1) is 0 Å². The first-order valence-corrected chi connectivity index (χ1v) is 12.7. The number of halogens is 2.